The third-order valence-electron chi connectivity index (χ3n) is 3.99. The van der Waals surface area contributed by atoms with Crippen molar-refractivity contribution in [3.05, 3.63) is 48.3 Å². The van der Waals surface area contributed by atoms with Gasteiger partial charge in [-0.1, -0.05) is 24.6 Å². The fourth-order valence-electron chi connectivity index (χ4n) is 2.85. The van der Waals surface area contributed by atoms with Gasteiger partial charge >= 0.3 is 0 Å². The normalized spacial score (nSPS) is 20.1. The van der Waals surface area contributed by atoms with Gasteiger partial charge in [0.15, 0.2) is 0 Å². The Morgan fingerprint density at radius 2 is 2.00 bits per heavy atom. The average Bonchev–Trinajstić information content (AvgIpc) is 2.97. The van der Waals surface area contributed by atoms with Crippen molar-refractivity contribution in [3.8, 4) is 5.69 Å². The van der Waals surface area contributed by atoms with Crippen molar-refractivity contribution in [3.63, 3.8) is 0 Å². The molecule has 1 aromatic heterocycles. The van der Waals surface area contributed by atoms with E-state index in [1.807, 2.05) is 41.2 Å². The number of aliphatic hydroxyl groups excluding tert-OH is 1. The molecule has 1 unspecified atom stereocenters. The van der Waals surface area contributed by atoms with Crippen molar-refractivity contribution >= 4 is 0 Å². The average molecular weight is 271 g/mol. The Balaban J connectivity index is 1.71. The van der Waals surface area contributed by atoms with Crippen LogP contribution in [-0.2, 0) is 6.54 Å². The Kier molecular flexibility index (Phi) is 4.14. The van der Waals surface area contributed by atoms with Crippen LogP contribution in [0, 0.1) is 0 Å². The predicted molar refractivity (Wildman–Crippen MR) is 78.7 cm³/mol. The first kappa shape index (κ1) is 13.3. The third-order valence-corrected chi connectivity index (χ3v) is 3.99. The molecule has 0 saturated carbocycles. The van der Waals surface area contributed by atoms with Crippen LogP contribution < -0.4 is 0 Å². The lowest BCUT2D eigenvalue weighted by atomic mass is 10.0. The van der Waals surface area contributed by atoms with Crippen molar-refractivity contribution in [1.82, 2.24) is 14.7 Å². The minimum atomic E-state index is 0.249. The lowest BCUT2D eigenvalue weighted by Crippen LogP contribution is -2.41. The first-order chi connectivity index (χ1) is 9.86. The van der Waals surface area contributed by atoms with Gasteiger partial charge < -0.3 is 5.11 Å². The quantitative estimate of drug-likeness (QED) is 0.927. The molecule has 4 nitrogen and oxygen atoms in total. The number of hydrogen-bond donors (Lipinski definition) is 1. The summed E-state index contributed by atoms with van der Waals surface area (Å²) in [7, 11) is 0. The van der Waals surface area contributed by atoms with Gasteiger partial charge in [0.05, 0.1) is 18.0 Å². The summed E-state index contributed by atoms with van der Waals surface area (Å²) in [6.07, 6.45) is 5.54. The highest BCUT2D eigenvalue weighted by Crippen LogP contribution is 2.19. The second-order valence-corrected chi connectivity index (χ2v) is 5.39. The second-order valence-electron chi connectivity index (χ2n) is 5.39. The molecule has 1 aliphatic rings. The Morgan fingerprint density at radius 3 is 2.80 bits per heavy atom. The minimum absolute atomic E-state index is 0.249. The van der Waals surface area contributed by atoms with E-state index in [4.69, 9.17) is 0 Å². The molecular formula is C16H21N3O. The first-order valence-electron chi connectivity index (χ1n) is 7.32. The monoisotopic (exact) mass is 271 g/mol. The van der Waals surface area contributed by atoms with Gasteiger partial charge in [0.2, 0.25) is 0 Å². The number of aliphatic hydroxyl groups is 1. The summed E-state index contributed by atoms with van der Waals surface area (Å²) in [5.74, 6) is 0. The largest absolute Gasteiger partial charge is 0.395 e. The van der Waals surface area contributed by atoms with Crippen LogP contribution in [0.15, 0.2) is 42.6 Å². The Bertz CT molecular complexity index is 538. The van der Waals surface area contributed by atoms with Crippen molar-refractivity contribution in [2.45, 2.75) is 31.8 Å². The van der Waals surface area contributed by atoms with E-state index in [-0.39, 0.29) is 6.61 Å². The van der Waals surface area contributed by atoms with E-state index in [1.54, 1.807) is 0 Å². The number of rotatable bonds is 4. The van der Waals surface area contributed by atoms with Crippen LogP contribution >= 0.6 is 0 Å². The van der Waals surface area contributed by atoms with Crippen molar-refractivity contribution in [1.29, 1.82) is 0 Å². The molecule has 1 fully saturated rings. The van der Waals surface area contributed by atoms with E-state index in [9.17, 15) is 5.11 Å². The Morgan fingerprint density at radius 1 is 1.15 bits per heavy atom. The highest BCUT2D eigenvalue weighted by molar-refractivity contribution is 5.30. The minimum Gasteiger partial charge on any atom is -0.395 e. The van der Waals surface area contributed by atoms with E-state index in [0.29, 0.717) is 6.04 Å². The number of piperidine rings is 1. The Hall–Kier alpha value is -1.65. The van der Waals surface area contributed by atoms with Gasteiger partial charge in [0, 0.05) is 18.8 Å². The maximum Gasteiger partial charge on any atom is 0.0769 e. The first-order valence-corrected chi connectivity index (χ1v) is 7.32. The molecule has 4 heteroatoms. The van der Waals surface area contributed by atoms with Crippen LogP contribution in [0.5, 0.6) is 0 Å². The highest BCUT2D eigenvalue weighted by Gasteiger charge is 2.22. The molecule has 106 valence electrons. The van der Waals surface area contributed by atoms with Crippen LogP contribution in [0.25, 0.3) is 5.69 Å². The van der Waals surface area contributed by atoms with E-state index < -0.39 is 0 Å². The molecule has 2 aromatic rings. The van der Waals surface area contributed by atoms with Gasteiger partial charge in [0.25, 0.3) is 0 Å². The summed E-state index contributed by atoms with van der Waals surface area (Å²) >= 11 is 0. The predicted octanol–water partition coefficient (Wildman–Crippen LogP) is 2.22. The molecule has 20 heavy (non-hydrogen) atoms. The smallest absolute Gasteiger partial charge is 0.0769 e. The zero-order valence-corrected chi connectivity index (χ0v) is 11.7. The summed E-state index contributed by atoms with van der Waals surface area (Å²) in [6, 6.07) is 12.5. The molecule has 3 rings (SSSR count). The van der Waals surface area contributed by atoms with Crippen LogP contribution in [-0.4, -0.2) is 39.0 Å². The molecule has 1 atom stereocenters. The molecule has 2 heterocycles. The van der Waals surface area contributed by atoms with E-state index >= 15 is 0 Å². The molecule has 1 N–H and O–H groups in total. The standard InChI is InChI=1S/C16H21N3O/c20-13-16-8-4-5-10-18(16)12-14-9-11-19(17-14)15-6-2-1-3-7-15/h1-3,6-7,9,11,16,20H,4-5,8,10,12-13H2. The fraction of sp³-hybridized carbons (Fsp3) is 0.438. The number of aromatic nitrogens is 2. The zero-order valence-electron chi connectivity index (χ0n) is 11.7. The van der Waals surface area contributed by atoms with Crippen molar-refractivity contribution in [2.24, 2.45) is 0 Å². The summed E-state index contributed by atoms with van der Waals surface area (Å²) < 4.78 is 1.91. The molecule has 0 amide bonds. The van der Waals surface area contributed by atoms with E-state index in [1.165, 1.54) is 12.8 Å². The topological polar surface area (TPSA) is 41.3 Å². The van der Waals surface area contributed by atoms with Gasteiger partial charge in [-0.3, -0.25) is 4.90 Å². The summed E-state index contributed by atoms with van der Waals surface area (Å²) in [5.41, 5.74) is 2.14. The summed E-state index contributed by atoms with van der Waals surface area (Å²) in [5, 5.41) is 14.1. The van der Waals surface area contributed by atoms with Crippen LogP contribution in [0.3, 0.4) is 0 Å². The van der Waals surface area contributed by atoms with Crippen molar-refractivity contribution < 1.29 is 5.11 Å². The Labute approximate surface area is 119 Å². The fourth-order valence-corrected chi connectivity index (χ4v) is 2.85. The van der Waals surface area contributed by atoms with Gasteiger partial charge in [-0.15, -0.1) is 0 Å². The molecule has 1 aliphatic heterocycles. The number of likely N-dealkylation sites (tertiary alicyclic amines) is 1. The third kappa shape index (κ3) is 2.92. The molecule has 1 aromatic carbocycles. The maximum absolute atomic E-state index is 9.46. The van der Waals surface area contributed by atoms with Crippen LogP contribution in [0.4, 0.5) is 0 Å². The molecule has 0 bridgehead atoms. The van der Waals surface area contributed by atoms with E-state index in [0.717, 1.165) is 30.9 Å². The molecule has 0 spiro atoms. The summed E-state index contributed by atoms with van der Waals surface area (Å²) in [6.45, 7) is 2.13. The van der Waals surface area contributed by atoms with Crippen molar-refractivity contribution in [2.75, 3.05) is 13.2 Å². The number of hydrogen-bond acceptors (Lipinski definition) is 3. The molecular weight excluding hydrogens is 250 g/mol. The number of benzene rings is 1. The lowest BCUT2D eigenvalue weighted by Gasteiger charge is -2.33. The lowest BCUT2D eigenvalue weighted by molar-refractivity contribution is 0.0830. The highest BCUT2D eigenvalue weighted by atomic mass is 16.3. The van der Waals surface area contributed by atoms with E-state index in [2.05, 4.69) is 16.1 Å². The van der Waals surface area contributed by atoms with Gasteiger partial charge in [-0.25, -0.2) is 4.68 Å². The van der Waals surface area contributed by atoms with Crippen LogP contribution in [0.2, 0.25) is 0 Å². The second kappa shape index (κ2) is 6.20. The SMILES string of the molecule is OCC1CCCCN1Cc1ccn(-c2ccccc2)n1. The number of para-hydroxylation sites is 1. The van der Waals surface area contributed by atoms with Gasteiger partial charge in [-0.2, -0.15) is 5.10 Å². The van der Waals surface area contributed by atoms with Gasteiger partial charge in [-0.05, 0) is 37.6 Å². The summed E-state index contributed by atoms with van der Waals surface area (Å²) in [4.78, 5) is 2.35. The van der Waals surface area contributed by atoms with Crippen LogP contribution in [0.1, 0.15) is 25.0 Å². The molecule has 1 saturated heterocycles. The molecule has 0 radical (unpaired) electrons. The number of nitrogens with zero attached hydrogens (tertiary/aromatic N) is 3. The zero-order chi connectivity index (χ0) is 13.8. The van der Waals surface area contributed by atoms with Gasteiger partial charge in [0.1, 0.15) is 0 Å². The molecule has 0 aliphatic carbocycles. The maximum atomic E-state index is 9.46.